The van der Waals surface area contributed by atoms with Crippen molar-refractivity contribution in [3.8, 4) is 5.75 Å². The fourth-order valence-corrected chi connectivity index (χ4v) is 4.28. The van der Waals surface area contributed by atoms with Gasteiger partial charge in [-0.25, -0.2) is 8.42 Å². The van der Waals surface area contributed by atoms with Crippen LogP contribution in [-0.2, 0) is 21.3 Å². The van der Waals surface area contributed by atoms with Gasteiger partial charge in [0.25, 0.3) is 0 Å². The molecule has 0 aliphatic carbocycles. The fraction of sp³-hybridized carbons (Fsp3) is 0.632. The predicted molar refractivity (Wildman–Crippen MR) is 111 cm³/mol. The summed E-state index contributed by atoms with van der Waals surface area (Å²) >= 11 is 0. The maximum Gasteiger partial charge on any atom is 0.216 e. The first-order chi connectivity index (χ1) is 13.4. The van der Waals surface area contributed by atoms with Crippen LogP contribution in [0.15, 0.2) is 29.3 Å². The highest BCUT2D eigenvalue weighted by molar-refractivity contribution is 7.89. The van der Waals surface area contributed by atoms with Gasteiger partial charge in [-0.05, 0) is 31.5 Å². The van der Waals surface area contributed by atoms with Crippen LogP contribution in [0, 0.1) is 0 Å². The molecule has 1 aliphatic heterocycles. The Morgan fingerprint density at radius 3 is 2.57 bits per heavy atom. The predicted octanol–water partition coefficient (Wildman–Crippen LogP) is 1.14. The summed E-state index contributed by atoms with van der Waals surface area (Å²) in [7, 11) is 0.0929. The van der Waals surface area contributed by atoms with Crippen LogP contribution in [0.1, 0.15) is 19.4 Å². The van der Waals surface area contributed by atoms with Crippen LogP contribution >= 0.6 is 0 Å². The van der Waals surface area contributed by atoms with Crippen molar-refractivity contribution < 1.29 is 17.9 Å². The lowest BCUT2D eigenvalue weighted by Crippen LogP contribution is -2.54. The van der Waals surface area contributed by atoms with Gasteiger partial charge in [-0.1, -0.05) is 12.1 Å². The topological polar surface area (TPSA) is 83.5 Å². The average Bonchev–Trinajstić information content (AvgIpc) is 2.68. The molecule has 0 atom stereocenters. The average molecular weight is 413 g/mol. The monoisotopic (exact) mass is 412 g/mol. The molecule has 1 aliphatic rings. The van der Waals surface area contributed by atoms with Crippen molar-refractivity contribution in [1.29, 1.82) is 0 Å². The Kier molecular flexibility index (Phi) is 8.53. The van der Waals surface area contributed by atoms with Gasteiger partial charge in [-0.15, -0.1) is 0 Å². The van der Waals surface area contributed by atoms with Gasteiger partial charge in [-0.2, -0.15) is 4.31 Å². The number of rotatable bonds is 8. The number of nitrogens with one attached hydrogen (secondary N) is 1. The smallest absolute Gasteiger partial charge is 0.216 e. The second kappa shape index (κ2) is 10.6. The highest BCUT2D eigenvalue weighted by atomic mass is 32.2. The van der Waals surface area contributed by atoms with E-state index in [9.17, 15) is 8.42 Å². The molecule has 1 fully saturated rings. The molecule has 8 nitrogen and oxygen atoms in total. The number of benzene rings is 1. The van der Waals surface area contributed by atoms with Crippen molar-refractivity contribution in [2.45, 2.75) is 26.5 Å². The van der Waals surface area contributed by atoms with E-state index in [1.807, 2.05) is 38.1 Å². The summed E-state index contributed by atoms with van der Waals surface area (Å²) in [5, 5.41) is 3.34. The maximum absolute atomic E-state index is 12.5. The van der Waals surface area contributed by atoms with E-state index in [-0.39, 0.29) is 18.5 Å². The number of guanidine groups is 1. The summed E-state index contributed by atoms with van der Waals surface area (Å²) in [6.07, 6.45) is 0.0334. The molecule has 9 heteroatoms. The lowest BCUT2D eigenvalue weighted by atomic mass is 10.2. The van der Waals surface area contributed by atoms with Crippen molar-refractivity contribution in [1.82, 2.24) is 14.5 Å². The van der Waals surface area contributed by atoms with Crippen LogP contribution in [0.5, 0.6) is 5.75 Å². The largest absolute Gasteiger partial charge is 0.497 e. The SMILES string of the molecule is CN=C(NCc1cccc(OC)c1)N1CCN(S(=O)(=O)CCOC(C)C)CC1. The molecule has 0 amide bonds. The van der Waals surface area contributed by atoms with Crippen molar-refractivity contribution in [2.75, 3.05) is 52.7 Å². The molecule has 0 saturated carbocycles. The zero-order valence-corrected chi connectivity index (χ0v) is 18.0. The molecule has 2 rings (SSSR count). The number of piperazine rings is 1. The number of hydrogen-bond donors (Lipinski definition) is 1. The molecule has 0 bridgehead atoms. The van der Waals surface area contributed by atoms with Gasteiger partial charge in [0.05, 0.1) is 25.6 Å². The van der Waals surface area contributed by atoms with Crippen LogP contribution in [0.25, 0.3) is 0 Å². The highest BCUT2D eigenvalue weighted by Crippen LogP contribution is 2.13. The van der Waals surface area contributed by atoms with E-state index in [0.29, 0.717) is 32.7 Å². The molecule has 158 valence electrons. The first kappa shape index (κ1) is 22.4. The molecule has 28 heavy (non-hydrogen) atoms. The van der Waals surface area contributed by atoms with Crippen LogP contribution in [-0.4, -0.2) is 82.4 Å². The minimum atomic E-state index is -3.29. The van der Waals surface area contributed by atoms with E-state index in [0.717, 1.165) is 17.3 Å². The number of hydrogen-bond acceptors (Lipinski definition) is 5. The van der Waals surface area contributed by atoms with Gasteiger partial charge >= 0.3 is 0 Å². The third kappa shape index (κ3) is 6.65. The number of methoxy groups -OCH3 is 1. The Labute approximate surface area is 168 Å². The number of nitrogens with zero attached hydrogens (tertiary/aromatic N) is 3. The quantitative estimate of drug-likeness (QED) is 0.509. The summed E-state index contributed by atoms with van der Waals surface area (Å²) in [6, 6.07) is 7.85. The molecule has 0 unspecified atom stereocenters. The fourth-order valence-electron chi connectivity index (χ4n) is 2.99. The van der Waals surface area contributed by atoms with Gasteiger partial charge in [0.15, 0.2) is 5.96 Å². The summed E-state index contributed by atoms with van der Waals surface area (Å²) < 4.78 is 37.1. The molecular weight excluding hydrogens is 380 g/mol. The summed E-state index contributed by atoms with van der Waals surface area (Å²) in [5.74, 6) is 1.60. The Morgan fingerprint density at radius 2 is 1.96 bits per heavy atom. The van der Waals surface area contributed by atoms with Crippen LogP contribution in [0.3, 0.4) is 0 Å². The zero-order chi connectivity index (χ0) is 20.6. The van der Waals surface area contributed by atoms with Gasteiger partial charge in [0.2, 0.25) is 10.0 Å². The zero-order valence-electron chi connectivity index (χ0n) is 17.2. The number of sulfonamides is 1. The molecule has 1 heterocycles. The molecule has 0 radical (unpaired) electrons. The van der Waals surface area contributed by atoms with Crippen LogP contribution < -0.4 is 10.1 Å². The molecule has 0 spiro atoms. The highest BCUT2D eigenvalue weighted by Gasteiger charge is 2.27. The normalized spacial score (nSPS) is 16.5. The molecule has 1 N–H and O–H groups in total. The molecule has 1 aromatic carbocycles. The van der Waals surface area contributed by atoms with Crippen molar-refractivity contribution >= 4 is 16.0 Å². The standard InChI is InChI=1S/C19H32N4O4S/c1-16(2)27-12-13-28(24,25)23-10-8-22(9-11-23)19(20-3)21-15-17-6-5-7-18(14-17)26-4/h5-7,14,16H,8-13,15H2,1-4H3,(H,20,21). The van der Waals surface area contributed by atoms with E-state index in [2.05, 4.69) is 15.2 Å². The molecule has 1 aromatic rings. The Hall–Kier alpha value is -1.84. The lowest BCUT2D eigenvalue weighted by molar-refractivity contribution is 0.0904. The molecular formula is C19H32N4O4S. The Morgan fingerprint density at radius 1 is 1.25 bits per heavy atom. The first-order valence-corrected chi connectivity index (χ1v) is 11.1. The summed E-state index contributed by atoms with van der Waals surface area (Å²) in [4.78, 5) is 6.42. The summed E-state index contributed by atoms with van der Waals surface area (Å²) in [6.45, 7) is 6.74. The first-order valence-electron chi connectivity index (χ1n) is 9.53. The van der Waals surface area contributed by atoms with E-state index in [4.69, 9.17) is 9.47 Å². The van der Waals surface area contributed by atoms with E-state index in [1.165, 1.54) is 0 Å². The second-order valence-electron chi connectivity index (χ2n) is 6.87. The van der Waals surface area contributed by atoms with Crippen molar-refractivity contribution in [2.24, 2.45) is 4.99 Å². The molecule has 0 aromatic heterocycles. The van der Waals surface area contributed by atoms with Crippen molar-refractivity contribution in [3.63, 3.8) is 0 Å². The second-order valence-corrected chi connectivity index (χ2v) is 8.96. The third-order valence-corrected chi connectivity index (χ3v) is 6.36. The van der Waals surface area contributed by atoms with E-state index in [1.54, 1.807) is 18.5 Å². The van der Waals surface area contributed by atoms with Crippen LogP contribution in [0.4, 0.5) is 0 Å². The van der Waals surface area contributed by atoms with Gasteiger partial charge < -0.3 is 19.7 Å². The number of aliphatic imine (C=N–C) groups is 1. The lowest BCUT2D eigenvalue weighted by Gasteiger charge is -2.35. The maximum atomic E-state index is 12.5. The number of ether oxygens (including phenoxy) is 2. The summed E-state index contributed by atoms with van der Waals surface area (Å²) in [5.41, 5.74) is 1.09. The van der Waals surface area contributed by atoms with E-state index >= 15 is 0 Å². The van der Waals surface area contributed by atoms with Gasteiger partial charge in [0.1, 0.15) is 5.75 Å². The van der Waals surface area contributed by atoms with Crippen LogP contribution in [0.2, 0.25) is 0 Å². The molecule has 1 saturated heterocycles. The Balaban J connectivity index is 1.84. The van der Waals surface area contributed by atoms with Crippen molar-refractivity contribution in [3.05, 3.63) is 29.8 Å². The van der Waals surface area contributed by atoms with Gasteiger partial charge in [0, 0.05) is 39.8 Å². The minimum absolute atomic E-state index is 0.0218. The Bertz CT molecular complexity index is 744. The third-order valence-electron chi connectivity index (χ3n) is 4.52. The minimum Gasteiger partial charge on any atom is -0.497 e. The van der Waals surface area contributed by atoms with Gasteiger partial charge in [-0.3, -0.25) is 4.99 Å². The van der Waals surface area contributed by atoms with E-state index < -0.39 is 10.0 Å².